The fourth-order valence-corrected chi connectivity index (χ4v) is 3.11. The summed E-state index contributed by atoms with van der Waals surface area (Å²) in [5, 5.41) is 13.8. The molecule has 0 aliphatic carbocycles. The molecule has 2 N–H and O–H groups in total. The standard InChI is InChI=1S/C19H30N2O2/c1-14-7-5-6-8-16(14)17(22)13-20-15-9-11-21(12-10-15)18(23)19(2,3)4/h5-8,15,17,20,22H,9-13H2,1-4H3. The van der Waals surface area contributed by atoms with Crippen LogP contribution in [0, 0.1) is 12.3 Å². The van der Waals surface area contributed by atoms with Crippen molar-refractivity contribution in [3.8, 4) is 0 Å². The van der Waals surface area contributed by atoms with Crippen molar-refractivity contribution in [3.63, 3.8) is 0 Å². The van der Waals surface area contributed by atoms with E-state index in [1.165, 1.54) is 0 Å². The Morgan fingerprint density at radius 2 is 1.91 bits per heavy atom. The molecule has 1 aromatic carbocycles. The number of aryl methyl sites for hydroxylation is 1. The molecular formula is C19H30N2O2. The molecule has 4 nitrogen and oxygen atoms in total. The predicted molar refractivity (Wildman–Crippen MR) is 93.2 cm³/mol. The number of carbonyl (C=O) groups is 1. The third-order valence-corrected chi connectivity index (χ3v) is 4.57. The SMILES string of the molecule is Cc1ccccc1C(O)CNC1CCN(C(=O)C(C)(C)C)CC1. The topological polar surface area (TPSA) is 52.6 Å². The van der Waals surface area contributed by atoms with Gasteiger partial charge in [0.15, 0.2) is 0 Å². The van der Waals surface area contributed by atoms with Crippen LogP contribution in [0.3, 0.4) is 0 Å². The maximum atomic E-state index is 12.3. The zero-order valence-corrected chi connectivity index (χ0v) is 14.8. The number of nitrogens with one attached hydrogen (secondary N) is 1. The van der Waals surface area contributed by atoms with E-state index in [1.54, 1.807) is 0 Å². The van der Waals surface area contributed by atoms with E-state index in [9.17, 15) is 9.90 Å². The van der Waals surface area contributed by atoms with Crippen LogP contribution in [0.4, 0.5) is 0 Å². The third kappa shape index (κ3) is 4.79. The van der Waals surface area contributed by atoms with Crippen LogP contribution in [-0.4, -0.2) is 41.6 Å². The minimum atomic E-state index is -0.481. The van der Waals surface area contributed by atoms with Crippen molar-refractivity contribution in [2.45, 2.75) is 52.7 Å². The zero-order chi connectivity index (χ0) is 17.0. The summed E-state index contributed by atoms with van der Waals surface area (Å²) in [6, 6.07) is 8.32. The van der Waals surface area contributed by atoms with Gasteiger partial charge in [-0.3, -0.25) is 4.79 Å². The smallest absolute Gasteiger partial charge is 0.227 e. The van der Waals surface area contributed by atoms with Crippen LogP contribution in [0.25, 0.3) is 0 Å². The average Bonchev–Trinajstić information content (AvgIpc) is 2.52. The van der Waals surface area contributed by atoms with Crippen molar-refractivity contribution < 1.29 is 9.90 Å². The molecule has 1 saturated heterocycles. The van der Waals surface area contributed by atoms with Crippen LogP contribution >= 0.6 is 0 Å². The first-order valence-electron chi connectivity index (χ1n) is 8.55. The first-order chi connectivity index (χ1) is 10.8. The van der Waals surface area contributed by atoms with Gasteiger partial charge in [-0.2, -0.15) is 0 Å². The van der Waals surface area contributed by atoms with E-state index < -0.39 is 6.10 Å². The minimum Gasteiger partial charge on any atom is -0.387 e. The highest BCUT2D eigenvalue weighted by Crippen LogP contribution is 2.22. The summed E-state index contributed by atoms with van der Waals surface area (Å²) in [7, 11) is 0. The lowest BCUT2D eigenvalue weighted by Gasteiger charge is -2.36. The molecule has 1 aromatic rings. The van der Waals surface area contributed by atoms with E-state index in [1.807, 2.05) is 56.9 Å². The Bertz CT molecular complexity index is 528. The Kier molecular flexibility index (Phi) is 5.82. The number of benzene rings is 1. The monoisotopic (exact) mass is 318 g/mol. The fourth-order valence-electron chi connectivity index (χ4n) is 3.11. The average molecular weight is 318 g/mol. The van der Waals surface area contributed by atoms with Gasteiger partial charge in [-0.05, 0) is 30.9 Å². The number of aliphatic hydroxyl groups is 1. The Morgan fingerprint density at radius 1 is 1.30 bits per heavy atom. The Morgan fingerprint density at radius 3 is 2.48 bits per heavy atom. The number of rotatable bonds is 4. The number of amides is 1. The van der Waals surface area contributed by atoms with E-state index in [0.29, 0.717) is 12.6 Å². The van der Waals surface area contributed by atoms with Gasteiger partial charge in [0.25, 0.3) is 0 Å². The summed E-state index contributed by atoms with van der Waals surface area (Å²) in [5.41, 5.74) is 1.80. The molecular weight excluding hydrogens is 288 g/mol. The second kappa shape index (κ2) is 7.45. The highest BCUT2D eigenvalue weighted by molar-refractivity contribution is 5.81. The first-order valence-corrected chi connectivity index (χ1v) is 8.55. The lowest BCUT2D eigenvalue weighted by atomic mass is 9.93. The van der Waals surface area contributed by atoms with E-state index >= 15 is 0 Å². The summed E-state index contributed by atoms with van der Waals surface area (Å²) in [6.07, 6.45) is 1.41. The maximum Gasteiger partial charge on any atom is 0.227 e. The molecule has 2 rings (SSSR count). The fraction of sp³-hybridized carbons (Fsp3) is 0.632. The second-order valence-electron chi connectivity index (χ2n) is 7.60. The molecule has 0 spiro atoms. The molecule has 0 aromatic heterocycles. The van der Waals surface area contributed by atoms with Crippen molar-refractivity contribution in [2.24, 2.45) is 5.41 Å². The quantitative estimate of drug-likeness (QED) is 0.897. The lowest BCUT2D eigenvalue weighted by molar-refractivity contribution is -0.140. The van der Waals surface area contributed by atoms with Gasteiger partial charge >= 0.3 is 0 Å². The summed E-state index contributed by atoms with van der Waals surface area (Å²) in [4.78, 5) is 14.2. The van der Waals surface area contributed by atoms with E-state index in [0.717, 1.165) is 37.1 Å². The molecule has 0 bridgehead atoms. The Balaban J connectivity index is 1.79. The molecule has 128 valence electrons. The largest absolute Gasteiger partial charge is 0.387 e. The highest BCUT2D eigenvalue weighted by atomic mass is 16.3. The van der Waals surface area contributed by atoms with E-state index in [-0.39, 0.29) is 11.3 Å². The van der Waals surface area contributed by atoms with Gasteiger partial charge in [0, 0.05) is 31.1 Å². The summed E-state index contributed by atoms with van der Waals surface area (Å²) in [5.74, 6) is 0.232. The van der Waals surface area contributed by atoms with Crippen molar-refractivity contribution in [1.82, 2.24) is 10.2 Å². The van der Waals surface area contributed by atoms with Gasteiger partial charge in [0.2, 0.25) is 5.91 Å². The van der Waals surface area contributed by atoms with Crippen molar-refractivity contribution >= 4 is 5.91 Å². The molecule has 4 heteroatoms. The minimum absolute atomic E-state index is 0.232. The van der Waals surface area contributed by atoms with Crippen molar-refractivity contribution in [2.75, 3.05) is 19.6 Å². The van der Waals surface area contributed by atoms with Gasteiger partial charge in [-0.1, -0.05) is 45.0 Å². The summed E-state index contributed by atoms with van der Waals surface area (Å²) >= 11 is 0. The van der Waals surface area contributed by atoms with Crippen LogP contribution in [0.5, 0.6) is 0 Å². The number of carbonyl (C=O) groups excluding carboxylic acids is 1. The van der Waals surface area contributed by atoms with Gasteiger partial charge in [-0.25, -0.2) is 0 Å². The number of hydrogen-bond donors (Lipinski definition) is 2. The molecule has 1 aliphatic heterocycles. The third-order valence-electron chi connectivity index (χ3n) is 4.57. The molecule has 23 heavy (non-hydrogen) atoms. The van der Waals surface area contributed by atoms with Crippen LogP contribution in [0.15, 0.2) is 24.3 Å². The molecule has 1 unspecified atom stereocenters. The molecule has 1 aliphatic rings. The number of nitrogens with zero attached hydrogens (tertiary/aromatic N) is 1. The highest BCUT2D eigenvalue weighted by Gasteiger charge is 2.30. The van der Waals surface area contributed by atoms with E-state index in [2.05, 4.69) is 5.32 Å². The predicted octanol–water partition coefficient (Wildman–Crippen LogP) is 2.66. The van der Waals surface area contributed by atoms with Crippen LogP contribution in [-0.2, 0) is 4.79 Å². The maximum absolute atomic E-state index is 12.3. The molecule has 0 saturated carbocycles. The number of hydrogen-bond acceptors (Lipinski definition) is 3. The summed E-state index contributed by atoms with van der Waals surface area (Å²) in [6.45, 7) is 10.1. The van der Waals surface area contributed by atoms with Gasteiger partial charge < -0.3 is 15.3 Å². The molecule has 1 amide bonds. The number of piperidine rings is 1. The molecule has 1 heterocycles. The lowest BCUT2D eigenvalue weighted by Crippen LogP contribution is -2.48. The Labute approximate surface area is 139 Å². The van der Waals surface area contributed by atoms with Gasteiger partial charge in [0.05, 0.1) is 6.10 Å². The van der Waals surface area contributed by atoms with Crippen LogP contribution in [0.1, 0.15) is 50.8 Å². The first kappa shape index (κ1) is 18.0. The van der Waals surface area contributed by atoms with E-state index in [4.69, 9.17) is 0 Å². The zero-order valence-electron chi connectivity index (χ0n) is 14.8. The molecule has 1 atom stereocenters. The molecule has 0 radical (unpaired) electrons. The van der Waals surface area contributed by atoms with Crippen molar-refractivity contribution in [1.29, 1.82) is 0 Å². The van der Waals surface area contributed by atoms with Crippen LogP contribution in [0.2, 0.25) is 0 Å². The molecule has 1 fully saturated rings. The van der Waals surface area contributed by atoms with Gasteiger partial charge in [-0.15, -0.1) is 0 Å². The number of likely N-dealkylation sites (tertiary alicyclic amines) is 1. The normalized spacial score (nSPS) is 18.0. The van der Waals surface area contributed by atoms with Gasteiger partial charge in [0.1, 0.15) is 0 Å². The second-order valence-corrected chi connectivity index (χ2v) is 7.60. The Hall–Kier alpha value is -1.39. The van der Waals surface area contributed by atoms with Crippen LogP contribution < -0.4 is 5.32 Å². The summed E-state index contributed by atoms with van der Waals surface area (Å²) < 4.78 is 0. The number of aliphatic hydroxyl groups excluding tert-OH is 1. The van der Waals surface area contributed by atoms with Crippen molar-refractivity contribution in [3.05, 3.63) is 35.4 Å².